The van der Waals surface area contributed by atoms with E-state index in [-0.39, 0.29) is 58.2 Å². The number of hydrogen-bond donors (Lipinski definition) is 0. The van der Waals surface area contributed by atoms with Crippen molar-refractivity contribution in [2.45, 2.75) is 6.82 Å². The van der Waals surface area contributed by atoms with E-state index in [1.165, 1.54) is 4.81 Å². The molecule has 1 aromatic rings. The molecule has 17 heavy (non-hydrogen) atoms. The molecule has 0 saturated heterocycles. The fourth-order valence-electron chi connectivity index (χ4n) is 1.94. The van der Waals surface area contributed by atoms with Crippen LogP contribution in [0.2, 0.25) is 6.82 Å². The standard InChI is InChI=1S/C10H11B2F3N.K/c1-11-7-6-9-4-2-3-5-10(9)16(11)8-12(13,14)15;/h2-7H,8H2,1H3;/q-1;+1. The van der Waals surface area contributed by atoms with Crippen LogP contribution in [0.25, 0.3) is 6.08 Å². The van der Waals surface area contributed by atoms with Gasteiger partial charge < -0.3 is 17.8 Å². The molecule has 84 valence electrons. The predicted octanol–water partition coefficient (Wildman–Crippen LogP) is 0.0709. The number of benzene rings is 1. The van der Waals surface area contributed by atoms with E-state index in [0.717, 1.165) is 5.56 Å². The number of para-hydroxylation sites is 1. The van der Waals surface area contributed by atoms with Gasteiger partial charge in [0.2, 0.25) is 0 Å². The number of fused-ring (bicyclic) bond motifs is 1. The van der Waals surface area contributed by atoms with Crippen LogP contribution >= 0.6 is 0 Å². The zero-order valence-electron chi connectivity index (χ0n) is 9.91. The summed E-state index contributed by atoms with van der Waals surface area (Å²) in [4.78, 5) is 1.40. The summed E-state index contributed by atoms with van der Waals surface area (Å²) in [6.07, 6.45) is 1.03. The Bertz CT molecular complexity index is 422. The van der Waals surface area contributed by atoms with Crippen molar-refractivity contribution < 1.29 is 64.3 Å². The number of rotatable bonds is 2. The third-order valence-electron chi connectivity index (χ3n) is 2.70. The Labute approximate surface area is 142 Å². The fraction of sp³-hybridized carbons (Fsp3) is 0.200. The Morgan fingerprint density at radius 1 is 1.24 bits per heavy atom. The molecule has 0 atom stereocenters. The van der Waals surface area contributed by atoms with E-state index in [9.17, 15) is 12.9 Å². The summed E-state index contributed by atoms with van der Waals surface area (Å²) in [5, 5.41) is 0. The first-order chi connectivity index (χ1) is 7.47. The predicted molar refractivity (Wildman–Crippen MR) is 63.5 cm³/mol. The molecule has 0 spiro atoms. The van der Waals surface area contributed by atoms with Gasteiger partial charge in [0.1, 0.15) is 0 Å². The summed E-state index contributed by atoms with van der Waals surface area (Å²) in [5.74, 6) is 1.80. The largest absolute Gasteiger partial charge is 1.00 e. The van der Waals surface area contributed by atoms with Crippen molar-refractivity contribution in [3.8, 4) is 0 Å². The van der Waals surface area contributed by atoms with E-state index in [0.29, 0.717) is 5.69 Å². The van der Waals surface area contributed by atoms with Crippen LogP contribution in [-0.4, -0.2) is 20.3 Å². The molecule has 1 heterocycles. The van der Waals surface area contributed by atoms with Crippen molar-refractivity contribution >= 4 is 25.6 Å². The van der Waals surface area contributed by atoms with Crippen LogP contribution in [0, 0.1) is 0 Å². The normalized spacial score (nSPS) is 14.4. The summed E-state index contributed by atoms with van der Waals surface area (Å²) in [5.41, 5.74) is 1.51. The van der Waals surface area contributed by atoms with Crippen molar-refractivity contribution in [2.75, 3.05) is 11.3 Å². The minimum atomic E-state index is -4.80. The second kappa shape index (κ2) is 5.97. The first kappa shape index (κ1) is 15.4. The molecule has 0 N–H and O–H groups in total. The molecule has 7 heteroatoms. The number of anilines is 1. The maximum atomic E-state index is 12.5. The van der Waals surface area contributed by atoms with Crippen LogP contribution < -0.4 is 56.2 Å². The summed E-state index contributed by atoms with van der Waals surface area (Å²) in [6, 6.07) is 7.16. The third kappa shape index (κ3) is 3.89. The van der Waals surface area contributed by atoms with Crippen molar-refractivity contribution in [1.29, 1.82) is 0 Å². The van der Waals surface area contributed by atoms with E-state index in [4.69, 9.17) is 0 Å². The number of halogens is 3. The number of nitrogens with zero attached hydrogens (tertiary/aromatic N) is 1. The molecule has 0 radical (unpaired) electrons. The second-order valence-corrected chi connectivity index (χ2v) is 4.02. The minimum absolute atomic E-state index is 0. The van der Waals surface area contributed by atoms with Gasteiger partial charge in [-0.3, -0.25) is 0 Å². The summed E-state index contributed by atoms with van der Waals surface area (Å²) in [7, 11) is 0. The summed E-state index contributed by atoms with van der Waals surface area (Å²) < 4.78 is 37.5. The van der Waals surface area contributed by atoms with E-state index in [2.05, 4.69) is 0 Å². The van der Waals surface area contributed by atoms with Gasteiger partial charge >= 0.3 is 58.4 Å². The quantitative estimate of drug-likeness (QED) is 0.682. The molecule has 0 aliphatic carbocycles. The molecule has 1 nitrogen and oxygen atoms in total. The van der Waals surface area contributed by atoms with E-state index in [1.807, 2.05) is 18.2 Å². The average Bonchev–Trinajstić information content (AvgIpc) is 2.21. The zero-order chi connectivity index (χ0) is 11.8. The Kier molecular flexibility index (Phi) is 5.40. The molecule has 1 aliphatic heterocycles. The monoisotopic (exact) mass is 263 g/mol. The van der Waals surface area contributed by atoms with Crippen LogP contribution in [0.15, 0.2) is 30.2 Å². The molecule has 0 fully saturated rings. The molecule has 0 aromatic heterocycles. The zero-order valence-corrected chi connectivity index (χ0v) is 13.0. The van der Waals surface area contributed by atoms with Crippen LogP contribution in [0.5, 0.6) is 0 Å². The minimum Gasteiger partial charge on any atom is -0.448 e. The Morgan fingerprint density at radius 3 is 2.53 bits per heavy atom. The van der Waals surface area contributed by atoms with Gasteiger partial charge in [-0.2, -0.15) is 0 Å². The van der Waals surface area contributed by atoms with Gasteiger partial charge in [-0.15, -0.1) is 0 Å². The van der Waals surface area contributed by atoms with E-state index in [1.54, 1.807) is 24.9 Å². The van der Waals surface area contributed by atoms with Gasteiger partial charge in [-0.05, 0) is 18.1 Å². The SMILES string of the molecule is CB1C=Cc2ccccc2N1C[B-](F)(F)F.[K+]. The first-order valence-electron chi connectivity index (χ1n) is 5.22. The van der Waals surface area contributed by atoms with Gasteiger partial charge in [-0.25, -0.2) is 0 Å². The van der Waals surface area contributed by atoms with E-state index < -0.39 is 13.4 Å². The molecule has 0 saturated carbocycles. The van der Waals surface area contributed by atoms with Gasteiger partial charge in [0, 0.05) is 5.69 Å². The fourth-order valence-corrected chi connectivity index (χ4v) is 1.94. The van der Waals surface area contributed by atoms with Crippen LogP contribution in [0.4, 0.5) is 18.6 Å². The molecular formula is C10H11B2F3KN. The molecule has 0 unspecified atom stereocenters. The maximum absolute atomic E-state index is 12.5. The second-order valence-electron chi connectivity index (χ2n) is 4.02. The smallest absolute Gasteiger partial charge is 0.448 e. The average molecular weight is 263 g/mol. The molecule has 1 aromatic carbocycles. The number of hydrogen-bond acceptors (Lipinski definition) is 1. The Morgan fingerprint density at radius 2 is 1.88 bits per heavy atom. The van der Waals surface area contributed by atoms with E-state index >= 15 is 0 Å². The van der Waals surface area contributed by atoms with Crippen LogP contribution in [-0.2, 0) is 0 Å². The Balaban J connectivity index is 0.00000144. The molecule has 0 bridgehead atoms. The van der Waals surface area contributed by atoms with Crippen LogP contribution in [0.1, 0.15) is 5.56 Å². The maximum Gasteiger partial charge on any atom is 1.00 e. The molecule has 1 aliphatic rings. The van der Waals surface area contributed by atoms with Crippen molar-refractivity contribution in [3.05, 3.63) is 35.8 Å². The van der Waals surface area contributed by atoms with Gasteiger partial charge in [0.25, 0.3) is 6.85 Å². The van der Waals surface area contributed by atoms with Crippen molar-refractivity contribution in [3.63, 3.8) is 0 Å². The van der Waals surface area contributed by atoms with Gasteiger partial charge in [-0.1, -0.05) is 37.1 Å². The van der Waals surface area contributed by atoms with Crippen molar-refractivity contribution in [1.82, 2.24) is 0 Å². The molecule has 2 rings (SSSR count). The summed E-state index contributed by atoms with van der Waals surface area (Å²) in [6.45, 7) is -3.24. The molecule has 0 amide bonds. The van der Waals surface area contributed by atoms with Gasteiger partial charge in [0.15, 0.2) is 0 Å². The Hall–Kier alpha value is 0.316. The first-order valence-corrected chi connectivity index (χ1v) is 5.22. The van der Waals surface area contributed by atoms with Gasteiger partial charge in [0.05, 0.1) is 0 Å². The van der Waals surface area contributed by atoms with Crippen LogP contribution in [0.3, 0.4) is 0 Å². The topological polar surface area (TPSA) is 3.24 Å². The summed E-state index contributed by atoms with van der Waals surface area (Å²) >= 11 is 0. The third-order valence-corrected chi connectivity index (χ3v) is 2.70. The molecular weight excluding hydrogens is 252 g/mol. The van der Waals surface area contributed by atoms with Crippen molar-refractivity contribution in [2.24, 2.45) is 0 Å².